The van der Waals surface area contributed by atoms with Crippen molar-refractivity contribution in [2.45, 2.75) is 57.6 Å². The van der Waals surface area contributed by atoms with Crippen molar-refractivity contribution in [2.75, 3.05) is 5.75 Å². The molecule has 1 aromatic carbocycles. The van der Waals surface area contributed by atoms with Crippen molar-refractivity contribution in [3.05, 3.63) is 65.5 Å². The number of hydrogen-bond donors (Lipinski definition) is 0. The highest BCUT2D eigenvalue weighted by Crippen LogP contribution is 2.13. The van der Waals surface area contributed by atoms with Crippen LogP contribution in [0.2, 0.25) is 0 Å². The number of aromatic nitrogens is 1. The fourth-order valence-corrected chi connectivity index (χ4v) is 3.94. The minimum absolute atomic E-state index is 0.212. The van der Waals surface area contributed by atoms with Crippen LogP contribution in [-0.2, 0) is 27.5 Å². The fourth-order valence-electron chi connectivity index (χ4n) is 2.87. The van der Waals surface area contributed by atoms with Crippen LogP contribution < -0.4 is 0 Å². The Morgan fingerprint density at radius 2 is 1.48 bits per heavy atom. The van der Waals surface area contributed by atoms with Gasteiger partial charge in [0.15, 0.2) is 9.84 Å². The predicted molar refractivity (Wildman–Crippen MR) is 110 cm³/mol. The normalized spacial score (nSPS) is 11.7. The van der Waals surface area contributed by atoms with Crippen molar-refractivity contribution in [2.24, 2.45) is 0 Å². The van der Waals surface area contributed by atoms with Gasteiger partial charge >= 0.3 is 0 Å². The molecule has 0 aliphatic carbocycles. The van der Waals surface area contributed by atoms with E-state index in [2.05, 4.69) is 17.1 Å². The molecule has 0 bridgehead atoms. The summed E-state index contributed by atoms with van der Waals surface area (Å²) in [7, 11) is -2.96. The van der Waals surface area contributed by atoms with E-state index < -0.39 is 9.84 Å². The zero-order chi connectivity index (χ0) is 19.7. The molecule has 27 heavy (non-hydrogen) atoms. The number of Topliss-reactive ketones (excluding diaryl/α,β-unsaturated/α-hetero) is 1. The lowest BCUT2D eigenvalue weighted by molar-refractivity contribution is -0.118. The summed E-state index contributed by atoms with van der Waals surface area (Å²) in [4.78, 5) is 16.2. The molecule has 1 heterocycles. The van der Waals surface area contributed by atoms with E-state index in [9.17, 15) is 13.2 Å². The summed E-state index contributed by atoms with van der Waals surface area (Å²) in [5.74, 6) is 0.432. The van der Waals surface area contributed by atoms with E-state index in [1.807, 2.05) is 24.3 Å². The summed E-state index contributed by atoms with van der Waals surface area (Å²) in [5, 5.41) is -0.319. The van der Waals surface area contributed by atoms with Gasteiger partial charge < -0.3 is 0 Å². The predicted octanol–water partition coefficient (Wildman–Crippen LogP) is 4.17. The maximum Gasteiger partial charge on any atom is 0.152 e. The quantitative estimate of drug-likeness (QED) is 0.543. The number of nitrogens with zero attached hydrogens (tertiary/aromatic N) is 1. The van der Waals surface area contributed by atoms with Crippen LogP contribution in [0.25, 0.3) is 0 Å². The van der Waals surface area contributed by atoms with E-state index in [0.717, 1.165) is 24.8 Å². The van der Waals surface area contributed by atoms with Gasteiger partial charge in [-0.25, -0.2) is 8.42 Å². The smallest absolute Gasteiger partial charge is 0.152 e. The Labute approximate surface area is 163 Å². The SMILES string of the molecule is CC(C)S(=O)(=O)CCCCCC(=O)Cc1ccc(Cc2ccncc2)cc1. The Morgan fingerprint density at radius 3 is 2.11 bits per heavy atom. The number of pyridine rings is 1. The number of ketones is 1. The maximum atomic E-state index is 12.1. The zero-order valence-corrected chi connectivity index (χ0v) is 17.0. The summed E-state index contributed by atoms with van der Waals surface area (Å²) < 4.78 is 23.5. The molecule has 1 aromatic heterocycles. The molecular weight excluding hydrogens is 358 g/mol. The van der Waals surface area contributed by atoms with Crippen LogP contribution in [0, 0.1) is 0 Å². The molecule has 0 saturated heterocycles. The summed E-state index contributed by atoms with van der Waals surface area (Å²) >= 11 is 0. The molecule has 0 aliphatic heterocycles. The second kappa shape index (κ2) is 10.4. The number of rotatable bonds is 11. The molecular formula is C22H29NO3S. The number of carbonyl (C=O) groups excluding carboxylic acids is 1. The minimum Gasteiger partial charge on any atom is -0.299 e. The molecule has 2 rings (SSSR count). The van der Waals surface area contributed by atoms with Crippen molar-refractivity contribution in [3.63, 3.8) is 0 Å². The highest BCUT2D eigenvalue weighted by molar-refractivity contribution is 7.91. The Bertz CT molecular complexity index is 812. The Balaban J connectivity index is 1.70. The molecule has 0 N–H and O–H groups in total. The summed E-state index contributed by atoms with van der Waals surface area (Å²) in [5.41, 5.74) is 3.46. The van der Waals surface area contributed by atoms with Crippen LogP contribution in [0.4, 0.5) is 0 Å². The highest BCUT2D eigenvalue weighted by atomic mass is 32.2. The molecule has 5 heteroatoms. The first-order chi connectivity index (χ1) is 12.9. The van der Waals surface area contributed by atoms with Crippen LogP contribution in [0.15, 0.2) is 48.8 Å². The van der Waals surface area contributed by atoms with E-state index in [-0.39, 0.29) is 16.8 Å². The minimum atomic E-state index is -2.96. The third kappa shape index (κ3) is 7.63. The van der Waals surface area contributed by atoms with Crippen molar-refractivity contribution < 1.29 is 13.2 Å². The summed E-state index contributed by atoms with van der Waals surface area (Å²) in [6, 6.07) is 12.2. The van der Waals surface area contributed by atoms with Gasteiger partial charge in [-0.05, 0) is 61.9 Å². The van der Waals surface area contributed by atoms with E-state index >= 15 is 0 Å². The van der Waals surface area contributed by atoms with Crippen LogP contribution in [-0.4, -0.2) is 30.2 Å². The molecule has 0 radical (unpaired) electrons. The molecule has 0 saturated carbocycles. The first kappa shape index (κ1) is 21.3. The van der Waals surface area contributed by atoms with Gasteiger partial charge in [0.25, 0.3) is 0 Å². The number of benzene rings is 1. The Morgan fingerprint density at radius 1 is 0.889 bits per heavy atom. The molecule has 0 atom stereocenters. The number of sulfone groups is 1. The van der Waals surface area contributed by atoms with Gasteiger partial charge in [-0.2, -0.15) is 0 Å². The second-order valence-electron chi connectivity index (χ2n) is 7.29. The number of unbranched alkanes of at least 4 members (excludes halogenated alkanes) is 2. The van der Waals surface area contributed by atoms with Gasteiger partial charge in [0.05, 0.1) is 11.0 Å². The average Bonchev–Trinajstić information content (AvgIpc) is 2.64. The molecule has 2 aromatic rings. The van der Waals surface area contributed by atoms with Crippen molar-refractivity contribution in [1.29, 1.82) is 0 Å². The average molecular weight is 388 g/mol. The molecule has 4 nitrogen and oxygen atoms in total. The van der Waals surface area contributed by atoms with Crippen LogP contribution in [0.5, 0.6) is 0 Å². The van der Waals surface area contributed by atoms with E-state index in [4.69, 9.17) is 0 Å². The lowest BCUT2D eigenvalue weighted by Crippen LogP contribution is -2.17. The van der Waals surface area contributed by atoms with E-state index in [1.54, 1.807) is 26.2 Å². The molecule has 0 aliphatic rings. The van der Waals surface area contributed by atoms with Gasteiger partial charge in [0, 0.05) is 25.2 Å². The Kier molecular flexibility index (Phi) is 8.17. The third-order valence-electron chi connectivity index (χ3n) is 4.68. The number of carbonyl (C=O) groups is 1. The molecule has 0 amide bonds. The van der Waals surface area contributed by atoms with Gasteiger partial charge in [-0.15, -0.1) is 0 Å². The first-order valence-corrected chi connectivity index (χ1v) is 11.3. The molecule has 0 unspecified atom stereocenters. The second-order valence-corrected chi connectivity index (χ2v) is 9.97. The lowest BCUT2D eigenvalue weighted by atomic mass is 10.0. The van der Waals surface area contributed by atoms with Crippen LogP contribution in [0.1, 0.15) is 56.2 Å². The van der Waals surface area contributed by atoms with Gasteiger partial charge in [0.1, 0.15) is 5.78 Å². The lowest BCUT2D eigenvalue weighted by Gasteiger charge is -2.07. The largest absolute Gasteiger partial charge is 0.299 e. The third-order valence-corrected chi connectivity index (χ3v) is 6.98. The zero-order valence-electron chi connectivity index (χ0n) is 16.2. The first-order valence-electron chi connectivity index (χ1n) is 9.57. The monoisotopic (exact) mass is 387 g/mol. The van der Waals surface area contributed by atoms with Crippen molar-refractivity contribution >= 4 is 15.6 Å². The highest BCUT2D eigenvalue weighted by Gasteiger charge is 2.15. The van der Waals surface area contributed by atoms with Crippen LogP contribution >= 0.6 is 0 Å². The fraction of sp³-hybridized carbons (Fsp3) is 0.455. The van der Waals surface area contributed by atoms with Crippen molar-refractivity contribution in [1.82, 2.24) is 4.98 Å². The van der Waals surface area contributed by atoms with Crippen molar-refractivity contribution in [3.8, 4) is 0 Å². The van der Waals surface area contributed by atoms with Gasteiger partial charge in [-0.1, -0.05) is 30.7 Å². The maximum absolute atomic E-state index is 12.1. The molecule has 0 spiro atoms. The van der Waals surface area contributed by atoms with Crippen LogP contribution in [0.3, 0.4) is 0 Å². The van der Waals surface area contributed by atoms with Gasteiger partial charge in [-0.3, -0.25) is 9.78 Å². The van der Waals surface area contributed by atoms with E-state index in [0.29, 0.717) is 19.3 Å². The topological polar surface area (TPSA) is 64.1 Å². The van der Waals surface area contributed by atoms with E-state index in [1.165, 1.54) is 11.1 Å². The summed E-state index contributed by atoms with van der Waals surface area (Å²) in [6.45, 7) is 3.42. The molecule has 146 valence electrons. The molecule has 0 fully saturated rings. The number of hydrogen-bond acceptors (Lipinski definition) is 4. The Hall–Kier alpha value is -2.01. The van der Waals surface area contributed by atoms with Gasteiger partial charge in [0.2, 0.25) is 0 Å². The summed E-state index contributed by atoms with van der Waals surface area (Å²) in [6.07, 6.45) is 7.57. The standard InChI is InChI=1S/C22H29NO3S/c1-18(2)27(25,26)15-5-3-4-6-22(24)17-20-9-7-19(8-10-20)16-21-11-13-23-14-12-21/h7-14,18H,3-6,15-17H2,1-2H3.